The number of nitrogens with zero attached hydrogens (tertiary/aromatic N) is 3. The lowest BCUT2D eigenvalue weighted by atomic mass is 9.79. The van der Waals surface area contributed by atoms with Gasteiger partial charge in [0.05, 0.1) is 18.2 Å². The molecule has 10 heteroatoms. The summed E-state index contributed by atoms with van der Waals surface area (Å²) in [6.45, 7) is 5.40. The predicted molar refractivity (Wildman–Crippen MR) is 128 cm³/mol. The van der Waals surface area contributed by atoms with Gasteiger partial charge in [0.2, 0.25) is 10.8 Å². The van der Waals surface area contributed by atoms with E-state index in [9.17, 15) is 14.5 Å². The van der Waals surface area contributed by atoms with Gasteiger partial charge < -0.3 is 30.5 Å². The van der Waals surface area contributed by atoms with Crippen molar-refractivity contribution < 1.29 is 14.5 Å². The number of amides is 2. The van der Waals surface area contributed by atoms with Crippen molar-refractivity contribution in [3.63, 3.8) is 0 Å². The second kappa shape index (κ2) is 8.66. The molecule has 9 nitrogen and oxygen atoms in total. The van der Waals surface area contributed by atoms with E-state index >= 15 is 0 Å². The maximum Gasteiger partial charge on any atom is 0.319 e. The highest BCUT2D eigenvalue weighted by Crippen LogP contribution is 2.41. The van der Waals surface area contributed by atoms with Crippen molar-refractivity contribution in [2.75, 3.05) is 41.0 Å². The third kappa shape index (κ3) is 4.00. The van der Waals surface area contributed by atoms with E-state index in [1.54, 1.807) is 0 Å². The molecule has 5 rings (SSSR count). The zero-order chi connectivity index (χ0) is 23.2. The van der Waals surface area contributed by atoms with Crippen LogP contribution in [0.3, 0.4) is 0 Å². The number of hydrogen-bond acceptors (Lipinski definition) is 7. The van der Waals surface area contributed by atoms with Crippen molar-refractivity contribution >= 4 is 34.7 Å². The van der Waals surface area contributed by atoms with Crippen molar-refractivity contribution in [2.24, 2.45) is 5.92 Å². The number of aliphatic hydroxyl groups is 1. The average molecular weight is 471 g/mol. The Balaban J connectivity index is 1.42. The molecule has 3 aliphatic heterocycles. The molecule has 4 N–H and O–H groups in total. The molecule has 33 heavy (non-hydrogen) atoms. The lowest BCUT2D eigenvalue weighted by Gasteiger charge is -2.45. The number of anilines is 3. The second-order valence-electron chi connectivity index (χ2n) is 9.32. The molecule has 0 saturated carbocycles. The minimum Gasteiger partial charge on any atom is -0.611 e. The lowest BCUT2D eigenvalue weighted by molar-refractivity contribution is 0.219. The first-order valence-electron chi connectivity index (χ1n) is 11.5. The van der Waals surface area contributed by atoms with Gasteiger partial charge in [0.15, 0.2) is 5.82 Å². The van der Waals surface area contributed by atoms with Crippen LogP contribution in [0, 0.1) is 5.92 Å². The Morgan fingerprint density at radius 3 is 2.76 bits per heavy atom. The van der Waals surface area contributed by atoms with E-state index in [0.29, 0.717) is 41.9 Å². The third-order valence-electron chi connectivity index (χ3n) is 6.94. The summed E-state index contributed by atoms with van der Waals surface area (Å²) in [5, 5.41) is 19.2. The number of benzene rings is 1. The Morgan fingerprint density at radius 1 is 1.27 bits per heavy atom. The number of rotatable bonds is 5. The van der Waals surface area contributed by atoms with Crippen LogP contribution >= 0.6 is 0 Å². The smallest absolute Gasteiger partial charge is 0.319 e. The summed E-state index contributed by atoms with van der Waals surface area (Å²) in [6, 6.07) is 7.59. The summed E-state index contributed by atoms with van der Waals surface area (Å²) in [6.07, 6.45) is 2.13. The van der Waals surface area contributed by atoms with Crippen LogP contribution in [0.4, 0.5) is 22.2 Å². The van der Waals surface area contributed by atoms with Crippen LogP contribution in [0.5, 0.6) is 0 Å². The highest BCUT2D eigenvalue weighted by atomic mass is 32.2. The van der Waals surface area contributed by atoms with E-state index < -0.39 is 16.7 Å². The van der Waals surface area contributed by atoms with Crippen LogP contribution in [0.2, 0.25) is 0 Å². The normalized spacial score (nSPS) is 21.9. The molecule has 0 aliphatic carbocycles. The number of fused-ring (bicyclic) bond motifs is 3. The van der Waals surface area contributed by atoms with Crippen LogP contribution in [0.1, 0.15) is 37.9 Å². The summed E-state index contributed by atoms with van der Waals surface area (Å²) >= 11 is -1.13. The van der Waals surface area contributed by atoms with Crippen molar-refractivity contribution in [1.82, 2.24) is 15.3 Å². The largest absolute Gasteiger partial charge is 0.611 e. The number of aliphatic hydroxyl groups excluding tert-OH is 1. The van der Waals surface area contributed by atoms with Gasteiger partial charge in [-0.15, -0.1) is 0 Å². The Morgan fingerprint density at radius 2 is 2.03 bits per heavy atom. The molecule has 1 fully saturated rings. The molecule has 1 aromatic heterocycles. The van der Waals surface area contributed by atoms with E-state index in [1.165, 1.54) is 0 Å². The number of aromatic nitrogens is 2. The standard InChI is InChI=1S/C23H30N6O3S/c1-14(2)18(13-30)24-20-19-17(7-12-33(19)32)25-21(27-20)29-10-8-23(9-11-29)15-5-3-4-6-16(15)26-22(31)28-23/h3-6,14,18,30H,7-13H2,1-2H3,(H,24,25,27)(H2,26,28,31)/t18-,33?/m0/s1. The van der Waals surface area contributed by atoms with E-state index in [0.717, 1.165) is 29.8 Å². The SMILES string of the molecule is CC(C)[C@H](CO)Nc1nc(N2CCC3(CC2)NC(=O)Nc2ccccc23)nc2c1[S+]([O-])CC2. The van der Waals surface area contributed by atoms with Gasteiger partial charge in [-0.1, -0.05) is 32.0 Å². The van der Waals surface area contributed by atoms with Crippen molar-refractivity contribution in [3.05, 3.63) is 35.5 Å². The minimum absolute atomic E-state index is 0.0300. The number of carbonyl (C=O) groups excluding carboxylic acids is 1. The second-order valence-corrected chi connectivity index (χ2v) is 10.8. The van der Waals surface area contributed by atoms with E-state index in [4.69, 9.17) is 9.97 Å². The summed E-state index contributed by atoms with van der Waals surface area (Å²) in [4.78, 5) is 24.7. The monoisotopic (exact) mass is 470 g/mol. The van der Waals surface area contributed by atoms with Crippen molar-refractivity contribution in [3.8, 4) is 0 Å². The number of hydrogen-bond donors (Lipinski definition) is 4. The molecule has 4 heterocycles. The molecular formula is C23H30N6O3S. The molecule has 1 unspecified atom stereocenters. The fourth-order valence-corrected chi connectivity index (χ4v) is 6.27. The quantitative estimate of drug-likeness (QED) is 0.494. The van der Waals surface area contributed by atoms with Gasteiger partial charge in [0.1, 0.15) is 11.4 Å². The fraction of sp³-hybridized carbons (Fsp3) is 0.522. The van der Waals surface area contributed by atoms with Gasteiger partial charge in [-0.25, -0.2) is 9.78 Å². The van der Waals surface area contributed by atoms with Crippen LogP contribution in [-0.4, -0.2) is 57.1 Å². The number of piperidine rings is 1. The predicted octanol–water partition coefficient (Wildman–Crippen LogP) is 2.20. The molecule has 2 aromatic rings. The Labute approximate surface area is 196 Å². The van der Waals surface area contributed by atoms with Gasteiger partial charge in [-0.2, -0.15) is 4.98 Å². The lowest BCUT2D eigenvalue weighted by Crippen LogP contribution is -2.57. The summed E-state index contributed by atoms with van der Waals surface area (Å²) < 4.78 is 12.6. The molecule has 0 radical (unpaired) electrons. The summed E-state index contributed by atoms with van der Waals surface area (Å²) in [7, 11) is 0. The molecule has 2 atom stereocenters. The first-order chi connectivity index (χ1) is 15.9. The number of para-hydroxylation sites is 1. The van der Waals surface area contributed by atoms with Crippen molar-refractivity contribution in [2.45, 2.75) is 49.6 Å². The van der Waals surface area contributed by atoms with Gasteiger partial charge in [-0.3, -0.25) is 0 Å². The van der Waals surface area contributed by atoms with E-state index in [-0.39, 0.29) is 24.6 Å². The van der Waals surface area contributed by atoms with Gasteiger partial charge >= 0.3 is 6.03 Å². The van der Waals surface area contributed by atoms with Crippen LogP contribution in [0.25, 0.3) is 0 Å². The van der Waals surface area contributed by atoms with Crippen molar-refractivity contribution in [1.29, 1.82) is 0 Å². The molecule has 0 bridgehead atoms. The summed E-state index contributed by atoms with van der Waals surface area (Å²) in [5.74, 6) is 1.92. The van der Waals surface area contributed by atoms with Crippen LogP contribution in [0.15, 0.2) is 29.2 Å². The molecule has 1 saturated heterocycles. The Kier molecular flexibility index (Phi) is 5.84. The first kappa shape index (κ1) is 22.2. The summed E-state index contributed by atoms with van der Waals surface area (Å²) in [5.41, 5.74) is 2.39. The maximum absolute atomic E-state index is 12.6. The Hall–Kier alpha value is -2.56. The van der Waals surface area contributed by atoms with Crippen LogP contribution in [-0.2, 0) is 23.1 Å². The molecular weight excluding hydrogens is 440 g/mol. The number of urea groups is 1. The average Bonchev–Trinajstić information content (AvgIpc) is 3.18. The van der Waals surface area contributed by atoms with Gasteiger partial charge in [-0.05, 0) is 36.0 Å². The molecule has 2 amide bonds. The zero-order valence-corrected chi connectivity index (χ0v) is 19.7. The number of nitrogens with one attached hydrogen (secondary N) is 3. The maximum atomic E-state index is 12.6. The first-order valence-corrected chi connectivity index (χ1v) is 12.8. The highest BCUT2D eigenvalue weighted by Gasteiger charge is 2.43. The number of carbonyl (C=O) groups is 1. The number of aryl methyl sites for hydroxylation is 1. The Bertz CT molecular complexity index is 1060. The fourth-order valence-electron chi connectivity index (χ4n) is 4.95. The van der Waals surface area contributed by atoms with E-state index in [2.05, 4.69) is 26.9 Å². The minimum atomic E-state index is -1.13. The zero-order valence-electron chi connectivity index (χ0n) is 18.9. The molecule has 1 aromatic carbocycles. The third-order valence-corrected chi connectivity index (χ3v) is 8.40. The van der Waals surface area contributed by atoms with Gasteiger partial charge in [0.25, 0.3) is 0 Å². The molecule has 1 spiro atoms. The highest BCUT2D eigenvalue weighted by molar-refractivity contribution is 7.91. The van der Waals surface area contributed by atoms with Crippen LogP contribution < -0.4 is 20.9 Å². The topological polar surface area (TPSA) is 125 Å². The molecule has 176 valence electrons. The van der Waals surface area contributed by atoms with Gasteiger partial charge in [0, 0.05) is 30.8 Å². The van der Waals surface area contributed by atoms with E-state index in [1.807, 2.05) is 32.0 Å². The molecule has 3 aliphatic rings.